The van der Waals surface area contributed by atoms with Crippen LogP contribution in [-0.2, 0) is 5.41 Å². The monoisotopic (exact) mass is 362 g/mol. The Hall–Kier alpha value is -3.26. The van der Waals surface area contributed by atoms with Crippen molar-refractivity contribution in [2.75, 3.05) is 0 Å². The van der Waals surface area contributed by atoms with Crippen LogP contribution >= 0.6 is 0 Å². The molecule has 3 aromatic carbocycles. The zero-order chi connectivity index (χ0) is 19.5. The number of rotatable bonds is 2. The molecule has 0 atom stereocenters. The van der Waals surface area contributed by atoms with Gasteiger partial charge >= 0.3 is 0 Å². The lowest BCUT2D eigenvalue weighted by atomic mass is 9.82. The third-order valence-electron chi connectivity index (χ3n) is 6.02. The molecule has 1 aromatic heterocycles. The molecule has 5 rings (SSSR count). The van der Waals surface area contributed by atoms with E-state index in [4.69, 9.17) is 9.97 Å². The highest BCUT2D eigenvalue weighted by Gasteiger charge is 2.40. The Balaban J connectivity index is 1.83. The summed E-state index contributed by atoms with van der Waals surface area (Å²) in [5.41, 5.74) is 8.81. The van der Waals surface area contributed by atoms with Crippen LogP contribution in [0.15, 0.2) is 73.6 Å². The van der Waals surface area contributed by atoms with E-state index in [1.54, 1.807) is 6.33 Å². The van der Waals surface area contributed by atoms with Crippen LogP contribution < -0.4 is 0 Å². The number of hydrogen-bond acceptors (Lipinski definition) is 2. The fraction of sp³-hybridized carbons (Fsp3) is 0.154. The Kier molecular flexibility index (Phi) is 3.54. The molecule has 136 valence electrons. The maximum atomic E-state index is 4.74. The van der Waals surface area contributed by atoms with Gasteiger partial charge < -0.3 is 0 Å². The normalized spacial score (nSPS) is 14.0. The topological polar surface area (TPSA) is 25.8 Å². The highest BCUT2D eigenvalue weighted by atomic mass is 14.9. The molecule has 4 aromatic rings. The summed E-state index contributed by atoms with van der Waals surface area (Å²) in [5, 5.41) is 2.55. The molecule has 2 nitrogen and oxygen atoms in total. The van der Waals surface area contributed by atoms with Gasteiger partial charge in [-0.05, 0) is 39.9 Å². The van der Waals surface area contributed by atoms with E-state index in [0.717, 1.165) is 28.1 Å². The summed E-state index contributed by atoms with van der Waals surface area (Å²) >= 11 is 0. The van der Waals surface area contributed by atoms with Crippen LogP contribution in [0.25, 0.3) is 27.5 Å². The van der Waals surface area contributed by atoms with Crippen LogP contribution in [0.2, 0.25) is 0 Å². The second-order valence-corrected chi connectivity index (χ2v) is 8.07. The van der Waals surface area contributed by atoms with E-state index in [-0.39, 0.29) is 5.41 Å². The minimum Gasteiger partial charge on any atom is -0.240 e. The van der Waals surface area contributed by atoms with Crippen molar-refractivity contribution < 1.29 is 0 Å². The minimum atomic E-state index is -0.185. The van der Waals surface area contributed by atoms with Gasteiger partial charge in [0.05, 0.1) is 11.4 Å². The number of aromatic nitrogens is 2. The molecule has 0 saturated heterocycles. The summed E-state index contributed by atoms with van der Waals surface area (Å²) in [7, 11) is 0. The Bertz CT molecular complexity index is 1260. The largest absolute Gasteiger partial charge is 0.240 e. The molecule has 1 aliphatic carbocycles. The molecule has 0 aliphatic heterocycles. The first-order valence-corrected chi connectivity index (χ1v) is 9.63. The molecule has 1 heterocycles. The maximum absolute atomic E-state index is 4.74. The van der Waals surface area contributed by atoms with Crippen molar-refractivity contribution in [2.45, 2.75) is 26.2 Å². The average molecular weight is 362 g/mol. The molecule has 28 heavy (non-hydrogen) atoms. The second kappa shape index (κ2) is 5.87. The van der Waals surface area contributed by atoms with Crippen LogP contribution in [0.4, 0.5) is 0 Å². The van der Waals surface area contributed by atoms with Gasteiger partial charge in [0.15, 0.2) is 0 Å². The minimum absolute atomic E-state index is 0.185. The maximum Gasteiger partial charge on any atom is 0.116 e. The molecule has 0 unspecified atom stereocenters. The predicted molar refractivity (Wildman–Crippen MR) is 116 cm³/mol. The number of aryl methyl sites for hydroxylation is 1. The summed E-state index contributed by atoms with van der Waals surface area (Å²) in [6.07, 6.45) is 1.69. The Labute approximate surface area is 165 Å². The van der Waals surface area contributed by atoms with Crippen molar-refractivity contribution in [3.05, 3.63) is 102 Å². The van der Waals surface area contributed by atoms with Crippen LogP contribution in [0.5, 0.6) is 0 Å². The Morgan fingerprint density at radius 2 is 1.64 bits per heavy atom. The van der Waals surface area contributed by atoms with E-state index in [2.05, 4.69) is 88.0 Å². The molecule has 0 bridgehead atoms. The van der Waals surface area contributed by atoms with E-state index in [0.29, 0.717) is 0 Å². The SMILES string of the molecule is C=C(c1ccccc1C)c1ncnc2c1-c1ccc3ccccc3c1C2(C)C. The molecule has 0 saturated carbocycles. The molecule has 0 fully saturated rings. The molecular weight excluding hydrogens is 340 g/mol. The van der Waals surface area contributed by atoms with Crippen LogP contribution in [0, 0.1) is 6.92 Å². The van der Waals surface area contributed by atoms with E-state index < -0.39 is 0 Å². The zero-order valence-electron chi connectivity index (χ0n) is 16.5. The van der Waals surface area contributed by atoms with Gasteiger partial charge in [0.25, 0.3) is 0 Å². The quantitative estimate of drug-likeness (QED) is 0.418. The lowest BCUT2D eigenvalue weighted by Crippen LogP contribution is -2.17. The van der Waals surface area contributed by atoms with Gasteiger partial charge in [0.2, 0.25) is 0 Å². The van der Waals surface area contributed by atoms with Crippen LogP contribution in [0.1, 0.15) is 41.9 Å². The number of hydrogen-bond donors (Lipinski definition) is 0. The van der Waals surface area contributed by atoms with Crippen molar-refractivity contribution in [2.24, 2.45) is 0 Å². The van der Waals surface area contributed by atoms with Crippen molar-refractivity contribution >= 4 is 16.3 Å². The van der Waals surface area contributed by atoms with E-state index in [9.17, 15) is 0 Å². The first kappa shape index (κ1) is 16.9. The van der Waals surface area contributed by atoms with Crippen molar-refractivity contribution in [1.29, 1.82) is 0 Å². The van der Waals surface area contributed by atoms with Crippen LogP contribution in [0.3, 0.4) is 0 Å². The lowest BCUT2D eigenvalue weighted by Gasteiger charge is -2.22. The summed E-state index contributed by atoms with van der Waals surface area (Å²) < 4.78 is 0. The molecular formula is C26H22N2. The highest BCUT2D eigenvalue weighted by Crippen LogP contribution is 2.52. The third-order valence-corrected chi connectivity index (χ3v) is 6.02. The molecule has 0 amide bonds. The zero-order valence-corrected chi connectivity index (χ0v) is 16.5. The summed E-state index contributed by atoms with van der Waals surface area (Å²) in [6.45, 7) is 11.1. The van der Waals surface area contributed by atoms with Crippen LogP contribution in [-0.4, -0.2) is 9.97 Å². The molecule has 0 N–H and O–H groups in total. The fourth-order valence-corrected chi connectivity index (χ4v) is 4.65. The van der Waals surface area contributed by atoms with Gasteiger partial charge in [-0.3, -0.25) is 0 Å². The van der Waals surface area contributed by atoms with E-state index in [1.807, 2.05) is 0 Å². The van der Waals surface area contributed by atoms with Gasteiger partial charge in [-0.2, -0.15) is 0 Å². The highest BCUT2D eigenvalue weighted by molar-refractivity contribution is 6.00. The molecule has 0 spiro atoms. The molecule has 1 aliphatic rings. The first-order chi connectivity index (χ1) is 13.5. The van der Waals surface area contributed by atoms with E-state index in [1.165, 1.54) is 27.5 Å². The summed E-state index contributed by atoms with van der Waals surface area (Å²) in [4.78, 5) is 9.44. The Morgan fingerprint density at radius 1 is 0.893 bits per heavy atom. The third kappa shape index (κ3) is 2.21. The number of nitrogens with zero attached hydrogens (tertiary/aromatic N) is 2. The van der Waals surface area contributed by atoms with Gasteiger partial charge in [0.1, 0.15) is 6.33 Å². The Morgan fingerprint density at radius 3 is 2.46 bits per heavy atom. The predicted octanol–water partition coefficient (Wildman–Crippen LogP) is 6.31. The first-order valence-electron chi connectivity index (χ1n) is 9.63. The molecule has 2 heteroatoms. The summed E-state index contributed by atoms with van der Waals surface area (Å²) in [5.74, 6) is 0. The summed E-state index contributed by atoms with van der Waals surface area (Å²) in [6, 6.07) is 21.4. The second-order valence-electron chi connectivity index (χ2n) is 8.07. The van der Waals surface area contributed by atoms with Gasteiger partial charge in [-0.25, -0.2) is 9.97 Å². The van der Waals surface area contributed by atoms with Gasteiger partial charge in [-0.1, -0.05) is 81.1 Å². The average Bonchev–Trinajstić information content (AvgIpc) is 2.95. The molecule has 0 radical (unpaired) electrons. The number of fused-ring (bicyclic) bond motifs is 5. The smallest absolute Gasteiger partial charge is 0.116 e. The lowest BCUT2D eigenvalue weighted by molar-refractivity contribution is 0.639. The van der Waals surface area contributed by atoms with Crippen molar-refractivity contribution in [1.82, 2.24) is 9.97 Å². The van der Waals surface area contributed by atoms with Gasteiger partial charge in [0, 0.05) is 16.6 Å². The van der Waals surface area contributed by atoms with Crippen molar-refractivity contribution in [3.8, 4) is 11.1 Å². The standard InChI is InChI=1S/C26H22N2/c1-16-9-5-7-11-19(16)17(2)24-22-21-14-13-18-10-6-8-12-20(18)23(21)26(3,4)25(22)28-15-27-24/h5-15H,2H2,1,3-4H3. The van der Waals surface area contributed by atoms with Crippen molar-refractivity contribution in [3.63, 3.8) is 0 Å². The van der Waals surface area contributed by atoms with E-state index >= 15 is 0 Å². The number of benzene rings is 3. The fourth-order valence-electron chi connectivity index (χ4n) is 4.65. The van der Waals surface area contributed by atoms with Gasteiger partial charge in [-0.15, -0.1) is 0 Å².